The van der Waals surface area contributed by atoms with Crippen molar-refractivity contribution in [1.82, 2.24) is 24.5 Å². The van der Waals surface area contributed by atoms with Crippen LogP contribution < -0.4 is 5.73 Å². The number of aromatic nitrogens is 5. The zero-order valence-electron chi connectivity index (χ0n) is 16.5. The molecule has 0 fully saturated rings. The molecule has 0 amide bonds. The third-order valence-electron chi connectivity index (χ3n) is 4.91. The summed E-state index contributed by atoms with van der Waals surface area (Å²) in [6.07, 6.45) is 8.68. The predicted octanol–water partition coefficient (Wildman–Crippen LogP) is 3.95. The van der Waals surface area contributed by atoms with Crippen LogP contribution in [0.5, 0.6) is 0 Å². The van der Waals surface area contributed by atoms with Gasteiger partial charge in [0.05, 0.1) is 34.1 Å². The van der Waals surface area contributed by atoms with Gasteiger partial charge in [0, 0.05) is 41.7 Å². The summed E-state index contributed by atoms with van der Waals surface area (Å²) in [5.41, 5.74) is 10.5. The lowest BCUT2D eigenvalue weighted by Crippen LogP contribution is -2.00. The quantitative estimate of drug-likeness (QED) is 0.501. The Balaban J connectivity index is 1.98. The molecule has 0 radical (unpaired) electrons. The Morgan fingerprint density at radius 2 is 2.00 bits per heavy atom. The molecular formula is C20H22N6OS2. The highest BCUT2D eigenvalue weighted by Gasteiger charge is 2.22. The molecule has 2 N–H and O–H groups in total. The Labute approximate surface area is 175 Å². The molecule has 4 aromatic rings. The number of thiophene rings is 1. The maximum Gasteiger partial charge on any atom is 0.127 e. The summed E-state index contributed by atoms with van der Waals surface area (Å²) in [4.78, 5) is 18.2. The van der Waals surface area contributed by atoms with Crippen LogP contribution in [0, 0.1) is 6.92 Å². The number of nitrogens with zero attached hydrogens (tertiary/aromatic N) is 5. The van der Waals surface area contributed by atoms with Crippen LogP contribution in [0.4, 0.5) is 5.69 Å². The average Bonchev–Trinajstić information content (AvgIpc) is 3.25. The first-order valence-electron chi connectivity index (χ1n) is 9.36. The minimum absolute atomic E-state index is 0.552. The third-order valence-corrected chi connectivity index (χ3v) is 7.90. The molecule has 9 heteroatoms. The first-order chi connectivity index (χ1) is 14.0. The van der Waals surface area contributed by atoms with Gasteiger partial charge < -0.3 is 10.3 Å². The summed E-state index contributed by atoms with van der Waals surface area (Å²) in [5.74, 6) is 1.50. The van der Waals surface area contributed by atoms with Crippen LogP contribution in [0.3, 0.4) is 0 Å². The molecule has 0 saturated carbocycles. The van der Waals surface area contributed by atoms with E-state index in [1.54, 1.807) is 12.4 Å². The summed E-state index contributed by atoms with van der Waals surface area (Å²) in [6, 6.07) is 1.99. The van der Waals surface area contributed by atoms with Gasteiger partial charge in [0.2, 0.25) is 0 Å². The second kappa shape index (κ2) is 8.00. The predicted molar refractivity (Wildman–Crippen MR) is 118 cm³/mol. The lowest BCUT2D eigenvalue weighted by Gasteiger charge is -2.09. The maximum absolute atomic E-state index is 12.8. The highest BCUT2D eigenvalue weighted by Crippen LogP contribution is 2.42. The fraction of sp³-hybridized carbons (Fsp3) is 0.300. The lowest BCUT2D eigenvalue weighted by atomic mass is 10.1. The van der Waals surface area contributed by atoms with Gasteiger partial charge in [-0.1, -0.05) is 13.3 Å². The molecule has 4 heterocycles. The minimum atomic E-state index is -1.14. The van der Waals surface area contributed by atoms with Crippen molar-refractivity contribution in [1.29, 1.82) is 0 Å². The van der Waals surface area contributed by atoms with Crippen LogP contribution in [0.15, 0.2) is 35.2 Å². The van der Waals surface area contributed by atoms with Crippen molar-refractivity contribution in [2.75, 3.05) is 11.5 Å². The number of nitrogens with two attached hydrogens (primary N) is 1. The zero-order valence-corrected chi connectivity index (χ0v) is 18.2. The molecule has 0 aliphatic heterocycles. The van der Waals surface area contributed by atoms with Crippen molar-refractivity contribution in [3.63, 3.8) is 0 Å². The molecule has 4 rings (SSSR count). The number of imidazole rings is 1. The fourth-order valence-electron chi connectivity index (χ4n) is 3.17. The van der Waals surface area contributed by atoms with E-state index in [-0.39, 0.29) is 0 Å². The number of aryl methyl sites for hydroxylation is 1. The van der Waals surface area contributed by atoms with E-state index in [1.165, 1.54) is 17.7 Å². The van der Waals surface area contributed by atoms with Gasteiger partial charge in [-0.25, -0.2) is 19.9 Å². The summed E-state index contributed by atoms with van der Waals surface area (Å²) in [6.45, 7) is 4.04. The van der Waals surface area contributed by atoms with Gasteiger partial charge in [0.25, 0.3) is 0 Å². The number of nitrogen functional groups attached to an aromatic ring is 1. The number of pyridine rings is 1. The van der Waals surface area contributed by atoms with Crippen molar-refractivity contribution >= 4 is 38.0 Å². The van der Waals surface area contributed by atoms with Gasteiger partial charge in [-0.15, -0.1) is 11.3 Å². The molecule has 0 spiro atoms. The summed E-state index contributed by atoms with van der Waals surface area (Å²) >= 11 is 1.41. The van der Waals surface area contributed by atoms with Gasteiger partial charge in [-0.3, -0.25) is 4.21 Å². The normalized spacial score (nSPS) is 12.5. The summed E-state index contributed by atoms with van der Waals surface area (Å²) in [5, 5.41) is 0.832. The van der Waals surface area contributed by atoms with Crippen molar-refractivity contribution in [3.8, 4) is 22.5 Å². The van der Waals surface area contributed by atoms with Gasteiger partial charge in [-0.05, 0) is 19.4 Å². The number of hydrogen-bond acceptors (Lipinski definition) is 7. The molecule has 0 saturated heterocycles. The summed E-state index contributed by atoms with van der Waals surface area (Å²) < 4.78 is 15.6. The number of anilines is 1. The Hall–Kier alpha value is -2.65. The molecule has 0 aliphatic rings. The van der Waals surface area contributed by atoms with Gasteiger partial charge >= 0.3 is 0 Å². The van der Waals surface area contributed by atoms with E-state index in [0.717, 1.165) is 51.4 Å². The Morgan fingerprint density at radius 3 is 2.66 bits per heavy atom. The van der Waals surface area contributed by atoms with Gasteiger partial charge in [0.15, 0.2) is 0 Å². The molecule has 150 valence electrons. The Morgan fingerprint density at radius 1 is 1.24 bits per heavy atom. The second-order valence-electron chi connectivity index (χ2n) is 6.82. The van der Waals surface area contributed by atoms with E-state index >= 15 is 0 Å². The minimum Gasteiger partial charge on any atom is -0.396 e. The molecule has 29 heavy (non-hydrogen) atoms. The van der Waals surface area contributed by atoms with Crippen LogP contribution in [0.25, 0.3) is 32.7 Å². The van der Waals surface area contributed by atoms with Crippen LogP contribution in [0.1, 0.15) is 25.6 Å². The SMILES string of the molecule is CCCCS(=O)c1sc2nc(-c3cncnc3)cc(-c3cnc(C)n3C)c2c1N. The van der Waals surface area contributed by atoms with E-state index in [9.17, 15) is 4.21 Å². The molecule has 0 bridgehead atoms. The van der Waals surface area contributed by atoms with Crippen LogP contribution >= 0.6 is 11.3 Å². The average molecular weight is 427 g/mol. The maximum atomic E-state index is 12.8. The molecule has 0 aliphatic carbocycles. The van der Waals surface area contributed by atoms with Gasteiger partial charge in [-0.2, -0.15) is 0 Å². The largest absolute Gasteiger partial charge is 0.396 e. The number of fused-ring (bicyclic) bond motifs is 1. The van der Waals surface area contributed by atoms with E-state index in [0.29, 0.717) is 15.6 Å². The van der Waals surface area contributed by atoms with E-state index in [2.05, 4.69) is 21.9 Å². The number of rotatable bonds is 6. The Bertz CT molecular complexity index is 1200. The zero-order chi connectivity index (χ0) is 20.5. The Kier molecular flexibility index (Phi) is 5.42. The van der Waals surface area contributed by atoms with E-state index in [4.69, 9.17) is 10.7 Å². The van der Waals surface area contributed by atoms with Crippen molar-refractivity contribution in [2.45, 2.75) is 30.9 Å². The molecule has 1 atom stereocenters. The molecule has 7 nitrogen and oxygen atoms in total. The number of hydrogen-bond donors (Lipinski definition) is 1. The molecule has 0 aromatic carbocycles. The van der Waals surface area contributed by atoms with Crippen molar-refractivity contribution < 1.29 is 4.21 Å². The van der Waals surface area contributed by atoms with Crippen LogP contribution in [-0.2, 0) is 17.8 Å². The third kappa shape index (κ3) is 3.56. The van der Waals surface area contributed by atoms with Gasteiger partial charge in [0.1, 0.15) is 21.2 Å². The standard InChI is InChI=1S/C20H22N6OS2/c1-4-5-6-29(27)20-18(21)17-14(16-10-24-12(2)26(16)3)7-15(25-19(17)28-20)13-8-22-11-23-9-13/h7-11H,4-6,21H2,1-3H3. The fourth-order valence-corrected chi connectivity index (χ4v) is 5.97. The highest BCUT2D eigenvalue weighted by atomic mass is 32.2. The lowest BCUT2D eigenvalue weighted by molar-refractivity contribution is 0.681. The monoisotopic (exact) mass is 426 g/mol. The van der Waals surface area contributed by atoms with E-state index in [1.807, 2.05) is 30.8 Å². The van der Waals surface area contributed by atoms with Crippen molar-refractivity contribution in [3.05, 3.63) is 36.8 Å². The smallest absolute Gasteiger partial charge is 0.127 e. The first-order valence-corrected chi connectivity index (χ1v) is 11.5. The van der Waals surface area contributed by atoms with Crippen LogP contribution in [-0.4, -0.2) is 34.5 Å². The molecule has 4 aromatic heterocycles. The highest BCUT2D eigenvalue weighted by molar-refractivity contribution is 7.87. The molecule has 1 unspecified atom stereocenters. The first kappa shape index (κ1) is 19.7. The second-order valence-corrected chi connectivity index (χ2v) is 9.58. The topological polar surface area (TPSA) is 99.6 Å². The summed E-state index contributed by atoms with van der Waals surface area (Å²) in [7, 11) is 0.833. The van der Waals surface area contributed by atoms with E-state index < -0.39 is 10.8 Å². The van der Waals surface area contributed by atoms with Crippen LogP contribution in [0.2, 0.25) is 0 Å². The number of unbranched alkanes of at least 4 members (excludes halogenated alkanes) is 1. The van der Waals surface area contributed by atoms with Crippen molar-refractivity contribution in [2.24, 2.45) is 7.05 Å². The molecular weight excluding hydrogens is 404 g/mol.